The summed E-state index contributed by atoms with van der Waals surface area (Å²) in [6.45, 7) is 6.14. The third-order valence-corrected chi connectivity index (χ3v) is 7.08. The lowest BCUT2D eigenvalue weighted by atomic mass is 9.84. The molecule has 2 aliphatic rings. The van der Waals surface area contributed by atoms with Crippen molar-refractivity contribution in [2.24, 2.45) is 5.41 Å². The lowest BCUT2D eigenvalue weighted by molar-refractivity contribution is -0.152. The molecule has 2 N–H and O–H groups in total. The number of fused-ring (bicyclic) bond motifs is 3. The van der Waals surface area contributed by atoms with Gasteiger partial charge in [0.15, 0.2) is 0 Å². The van der Waals surface area contributed by atoms with E-state index >= 15 is 0 Å². The second-order valence-corrected chi connectivity index (χ2v) is 9.82. The van der Waals surface area contributed by atoms with E-state index in [-0.39, 0.29) is 18.4 Å². The predicted octanol–water partition coefficient (Wildman–Crippen LogP) is 4.41. The summed E-state index contributed by atoms with van der Waals surface area (Å²) in [6.07, 6.45) is 1.000. The van der Waals surface area contributed by atoms with Gasteiger partial charge in [0.2, 0.25) is 5.91 Å². The van der Waals surface area contributed by atoms with Gasteiger partial charge in [-0.05, 0) is 40.5 Å². The van der Waals surface area contributed by atoms with Gasteiger partial charge in [-0.25, -0.2) is 9.59 Å². The number of benzene rings is 2. The van der Waals surface area contributed by atoms with E-state index in [1.165, 1.54) is 4.90 Å². The smallest absolute Gasteiger partial charge is 0.407 e. The lowest BCUT2D eigenvalue weighted by Gasteiger charge is -2.31. The van der Waals surface area contributed by atoms with Crippen LogP contribution in [0.1, 0.15) is 57.1 Å². The molecule has 4 rings (SSSR count). The van der Waals surface area contributed by atoms with Crippen LogP contribution in [0.15, 0.2) is 48.5 Å². The predicted molar refractivity (Wildman–Crippen MR) is 128 cm³/mol. The van der Waals surface area contributed by atoms with E-state index in [4.69, 9.17) is 4.74 Å². The van der Waals surface area contributed by atoms with Gasteiger partial charge in [0, 0.05) is 12.5 Å². The minimum Gasteiger partial charge on any atom is -0.480 e. The fourth-order valence-electron chi connectivity index (χ4n) is 5.33. The largest absolute Gasteiger partial charge is 0.480 e. The van der Waals surface area contributed by atoms with Gasteiger partial charge in [-0.2, -0.15) is 0 Å². The molecular weight excluding hydrogens is 432 g/mol. The van der Waals surface area contributed by atoms with Crippen LogP contribution in [0.25, 0.3) is 11.1 Å². The first-order valence-corrected chi connectivity index (χ1v) is 11.9. The number of carbonyl (C=O) groups is 3. The van der Waals surface area contributed by atoms with Gasteiger partial charge >= 0.3 is 12.1 Å². The Morgan fingerprint density at radius 2 is 1.68 bits per heavy atom. The number of alkyl carbamates (subject to hydrolysis) is 1. The molecule has 1 fully saturated rings. The zero-order valence-corrected chi connectivity index (χ0v) is 19.9. The molecule has 180 valence electrons. The summed E-state index contributed by atoms with van der Waals surface area (Å²) in [6, 6.07) is 14.4. The highest BCUT2D eigenvalue weighted by molar-refractivity contribution is 5.90. The van der Waals surface area contributed by atoms with E-state index in [9.17, 15) is 19.5 Å². The van der Waals surface area contributed by atoms with Crippen LogP contribution >= 0.6 is 0 Å². The van der Waals surface area contributed by atoms with Crippen LogP contribution in [0.3, 0.4) is 0 Å². The van der Waals surface area contributed by atoms with Crippen molar-refractivity contribution in [2.75, 3.05) is 13.2 Å². The Labute approximate surface area is 200 Å². The van der Waals surface area contributed by atoms with Crippen molar-refractivity contribution >= 4 is 18.0 Å². The van der Waals surface area contributed by atoms with E-state index in [0.29, 0.717) is 25.8 Å². The molecule has 0 radical (unpaired) electrons. The molecule has 0 saturated carbocycles. The second-order valence-electron chi connectivity index (χ2n) is 9.82. The zero-order chi connectivity index (χ0) is 24.5. The first-order valence-electron chi connectivity index (χ1n) is 11.9. The Morgan fingerprint density at radius 3 is 2.24 bits per heavy atom. The highest BCUT2D eigenvalue weighted by Gasteiger charge is 2.48. The Kier molecular flexibility index (Phi) is 6.64. The number of hydrogen-bond acceptors (Lipinski definition) is 4. The van der Waals surface area contributed by atoms with Crippen molar-refractivity contribution in [2.45, 2.75) is 58.0 Å². The normalized spacial score (nSPS) is 19.3. The highest BCUT2D eigenvalue weighted by atomic mass is 16.5. The minimum atomic E-state index is -1.02. The molecule has 0 bridgehead atoms. The van der Waals surface area contributed by atoms with E-state index < -0.39 is 29.6 Å². The molecule has 1 unspecified atom stereocenters. The molecule has 34 heavy (non-hydrogen) atoms. The maximum absolute atomic E-state index is 13.3. The summed E-state index contributed by atoms with van der Waals surface area (Å²) in [4.78, 5) is 39.3. The quantitative estimate of drug-likeness (QED) is 0.633. The molecule has 1 aliphatic heterocycles. The van der Waals surface area contributed by atoms with Crippen molar-refractivity contribution in [1.82, 2.24) is 10.2 Å². The second kappa shape index (κ2) is 9.49. The number of aliphatic carboxylic acids is 1. The van der Waals surface area contributed by atoms with Gasteiger partial charge < -0.3 is 20.1 Å². The fraction of sp³-hybridized carbons (Fsp3) is 0.444. The summed E-state index contributed by atoms with van der Waals surface area (Å²) in [5.74, 6) is -1.46. The number of likely N-dealkylation sites (tertiary alicyclic amines) is 1. The van der Waals surface area contributed by atoms with Gasteiger partial charge in [0.25, 0.3) is 0 Å². The van der Waals surface area contributed by atoms with Crippen molar-refractivity contribution in [3.63, 3.8) is 0 Å². The molecular formula is C27H32N2O5. The molecule has 2 aromatic rings. The highest BCUT2D eigenvalue weighted by Crippen LogP contribution is 2.44. The number of nitrogens with zero attached hydrogens (tertiary/aromatic N) is 1. The maximum atomic E-state index is 13.3. The average Bonchev–Trinajstić information content (AvgIpc) is 3.31. The lowest BCUT2D eigenvalue weighted by Crippen LogP contribution is -2.54. The third kappa shape index (κ3) is 4.39. The molecule has 7 nitrogen and oxygen atoms in total. The maximum Gasteiger partial charge on any atom is 0.407 e. The Balaban J connectivity index is 1.44. The van der Waals surface area contributed by atoms with E-state index in [1.807, 2.05) is 57.2 Å². The number of carboxylic acids is 1. The number of carboxylic acid groups (broad SMARTS) is 1. The van der Waals surface area contributed by atoms with Gasteiger partial charge in [-0.3, -0.25) is 4.79 Å². The Bertz CT molecular complexity index is 1050. The van der Waals surface area contributed by atoms with E-state index in [1.54, 1.807) is 0 Å². The number of rotatable bonds is 7. The van der Waals surface area contributed by atoms with Crippen LogP contribution in [0.4, 0.5) is 4.79 Å². The SMILES string of the molecule is CCC[C@H](NC(=O)OCC1c2ccccc2-c2ccccc21)C(=O)N1CCC(C)(C)C1C(=O)O. The third-order valence-electron chi connectivity index (χ3n) is 7.08. The van der Waals surface area contributed by atoms with Crippen LogP contribution < -0.4 is 5.32 Å². The van der Waals surface area contributed by atoms with Gasteiger partial charge in [0.1, 0.15) is 18.7 Å². The molecule has 2 amide bonds. The summed E-state index contributed by atoms with van der Waals surface area (Å²) in [5, 5.41) is 12.4. The molecule has 7 heteroatoms. The molecule has 1 saturated heterocycles. The van der Waals surface area contributed by atoms with Gasteiger partial charge in [-0.1, -0.05) is 75.7 Å². The average molecular weight is 465 g/mol. The summed E-state index contributed by atoms with van der Waals surface area (Å²) < 4.78 is 5.61. The minimum absolute atomic E-state index is 0.0748. The Morgan fingerprint density at radius 1 is 1.09 bits per heavy atom. The van der Waals surface area contributed by atoms with E-state index in [0.717, 1.165) is 22.3 Å². The van der Waals surface area contributed by atoms with Crippen molar-refractivity contribution < 1.29 is 24.2 Å². The summed E-state index contributed by atoms with van der Waals surface area (Å²) >= 11 is 0. The topological polar surface area (TPSA) is 95.9 Å². The Hall–Kier alpha value is -3.35. The molecule has 0 spiro atoms. The number of carbonyl (C=O) groups excluding carboxylic acids is 2. The van der Waals surface area contributed by atoms with Gasteiger partial charge in [0.05, 0.1) is 0 Å². The summed E-state index contributed by atoms with van der Waals surface area (Å²) in [7, 11) is 0. The number of nitrogens with one attached hydrogen (secondary N) is 1. The van der Waals surface area contributed by atoms with Crippen LogP contribution in [0.2, 0.25) is 0 Å². The van der Waals surface area contributed by atoms with Gasteiger partial charge in [-0.15, -0.1) is 0 Å². The monoisotopic (exact) mass is 464 g/mol. The summed E-state index contributed by atoms with van der Waals surface area (Å²) in [5.41, 5.74) is 3.98. The van der Waals surface area contributed by atoms with Crippen molar-refractivity contribution in [3.05, 3.63) is 59.7 Å². The fourth-order valence-corrected chi connectivity index (χ4v) is 5.33. The molecule has 1 aliphatic carbocycles. The zero-order valence-electron chi connectivity index (χ0n) is 19.9. The number of ether oxygens (including phenoxy) is 1. The van der Waals surface area contributed by atoms with Crippen LogP contribution in [0.5, 0.6) is 0 Å². The van der Waals surface area contributed by atoms with Crippen molar-refractivity contribution in [1.29, 1.82) is 0 Å². The molecule has 2 aromatic carbocycles. The molecule has 1 heterocycles. The molecule has 0 aromatic heterocycles. The molecule has 2 atom stereocenters. The number of amides is 2. The van der Waals surface area contributed by atoms with Crippen LogP contribution in [-0.4, -0.2) is 53.2 Å². The van der Waals surface area contributed by atoms with Crippen LogP contribution in [-0.2, 0) is 14.3 Å². The first-order chi connectivity index (χ1) is 16.2. The van der Waals surface area contributed by atoms with Crippen molar-refractivity contribution in [3.8, 4) is 11.1 Å². The van der Waals surface area contributed by atoms with E-state index in [2.05, 4.69) is 17.4 Å². The standard InChI is InChI=1S/C27H32N2O5/c1-4-9-22(24(30)29-15-14-27(2,3)23(29)25(31)32)28-26(33)34-16-21-19-12-7-5-10-17(19)18-11-6-8-13-20(18)21/h5-8,10-13,21-23H,4,9,14-16H2,1-3H3,(H,28,33)(H,31,32)/t22-,23?/m0/s1. The van der Waals surface area contributed by atoms with Crippen LogP contribution in [0, 0.1) is 5.41 Å². The first kappa shape index (κ1) is 23.8. The number of hydrogen-bond donors (Lipinski definition) is 2.